The number of benzene rings is 1. The summed E-state index contributed by atoms with van der Waals surface area (Å²) in [5.41, 5.74) is 3.71. The monoisotopic (exact) mass is 400 g/mol. The van der Waals surface area contributed by atoms with Crippen LogP contribution in [0.5, 0.6) is 0 Å². The van der Waals surface area contributed by atoms with Gasteiger partial charge in [-0.3, -0.25) is 4.79 Å². The molecule has 3 unspecified atom stereocenters. The summed E-state index contributed by atoms with van der Waals surface area (Å²) in [5.74, 6) is 1.22. The number of rotatable bonds is 3. The van der Waals surface area contributed by atoms with Gasteiger partial charge in [0.25, 0.3) is 0 Å². The summed E-state index contributed by atoms with van der Waals surface area (Å²) < 4.78 is 0.972. The molecule has 3 atom stereocenters. The van der Waals surface area contributed by atoms with Crippen LogP contribution < -0.4 is 5.43 Å². The van der Waals surface area contributed by atoms with E-state index in [1.807, 2.05) is 24.3 Å². The highest BCUT2D eigenvalue weighted by atomic mass is 79.9. The minimum Gasteiger partial charge on any atom is -0.273 e. The first kappa shape index (κ1) is 18.1. The zero-order valence-electron chi connectivity index (χ0n) is 14.4. The quantitative estimate of drug-likeness (QED) is 0.421. The van der Waals surface area contributed by atoms with Crippen molar-refractivity contribution in [1.82, 2.24) is 5.43 Å². The van der Waals surface area contributed by atoms with Gasteiger partial charge in [0.05, 0.1) is 6.21 Å². The Morgan fingerprint density at radius 1 is 1.00 bits per heavy atom. The molecule has 1 aromatic carbocycles. The van der Waals surface area contributed by atoms with Gasteiger partial charge in [-0.2, -0.15) is 5.10 Å². The first-order valence-electron chi connectivity index (χ1n) is 9.15. The summed E-state index contributed by atoms with van der Waals surface area (Å²) in [5, 5.41) is 4.15. The Hall–Kier alpha value is -1.68. The molecule has 3 rings (SSSR count). The number of allylic oxidation sites excluding steroid dienone is 4. The fraction of sp³-hybridized carbons (Fsp3) is 0.429. The number of hydrogen-bond donors (Lipinski definition) is 1. The number of halogens is 1. The average Bonchev–Trinajstić information content (AvgIpc) is 3.29. The van der Waals surface area contributed by atoms with E-state index < -0.39 is 0 Å². The van der Waals surface area contributed by atoms with E-state index in [9.17, 15) is 4.79 Å². The molecule has 0 bridgehead atoms. The second-order valence-electron chi connectivity index (χ2n) is 6.78. The lowest BCUT2D eigenvalue weighted by atomic mass is 10.1. The van der Waals surface area contributed by atoms with Crippen LogP contribution >= 0.6 is 15.9 Å². The van der Waals surface area contributed by atoms with E-state index in [1.54, 1.807) is 6.21 Å². The fourth-order valence-electron chi connectivity index (χ4n) is 3.68. The van der Waals surface area contributed by atoms with Gasteiger partial charge in [0, 0.05) is 16.0 Å². The largest absolute Gasteiger partial charge is 0.273 e. The number of amides is 1. The maximum atomic E-state index is 12.5. The Kier molecular flexibility index (Phi) is 6.62. The molecular weight excluding hydrogens is 376 g/mol. The van der Waals surface area contributed by atoms with Crippen molar-refractivity contribution >= 4 is 28.1 Å². The summed E-state index contributed by atoms with van der Waals surface area (Å²) in [7, 11) is 0. The number of carbonyl (C=O) groups excluding carboxylic acids is 1. The first-order chi connectivity index (χ1) is 12.3. The summed E-state index contributed by atoms with van der Waals surface area (Å²) in [4.78, 5) is 12.5. The molecule has 132 valence electrons. The van der Waals surface area contributed by atoms with Crippen molar-refractivity contribution in [3.05, 3.63) is 58.6 Å². The molecule has 1 saturated carbocycles. The van der Waals surface area contributed by atoms with Gasteiger partial charge < -0.3 is 0 Å². The van der Waals surface area contributed by atoms with Crippen LogP contribution in [0.25, 0.3) is 0 Å². The Labute approximate surface area is 158 Å². The Morgan fingerprint density at radius 3 is 2.24 bits per heavy atom. The van der Waals surface area contributed by atoms with E-state index in [0.717, 1.165) is 48.6 Å². The number of hydrazone groups is 1. The molecule has 0 aromatic heterocycles. The van der Waals surface area contributed by atoms with Crippen LogP contribution in [0.4, 0.5) is 0 Å². The highest BCUT2D eigenvalue weighted by Gasteiger charge is 2.52. The van der Waals surface area contributed by atoms with Crippen LogP contribution in [0, 0.1) is 17.8 Å². The lowest BCUT2D eigenvalue weighted by molar-refractivity contribution is -0.122. The highest BCUT2D eigenvalue weighted by Crippen LogP contribution is 2.52. The number of hydrogen-bond acceptors (Lipinski definition) is 2. The third-order valence-electron chi connectivity index (χ3n) is 5.08. The van der Waals surface area contributed by atoms with Gasteiger partial charge >= 0.3 is 0 Å². The zero-order valence-corrected chi connectivity index (χ0v) is 16.0. The normalized spacial score (nSPS) is 27.8. The Bertz CT molecular complexity index is 656. The molecule has 1 fully saturated rings. The molecule has 4 heteroatoms. The minimum absolute atomic E-state index is 0.0705. The molecule has 0 heterocycles. The maximum absolute atomic E-state index is 12.5. The van der Waals surface area contributed by atoms with Crippen molar-refractivity contribution < 1.29 is 4.79 Å². The molecule has 1 amide bonds. The molecule has 25 heavy (non-hydrogen) atoms. The topological polar surface area (TPSA) is 41.5 Å². The van der Waals surface area contributed by atoms with Crippen LogP contribution in [0.15, 0.2) is 58.1 Å². The average molecular weight is 401 g/mol. The lowest BCUT2D eigenvalue weighted by Crippen LogP contribution is -2.21. The van der Waals surface area contributed by atoms with E-state index in [0.29, 0.717) is 11.8 Å². The summed E-state index contributed by atoms with van der Waals surface area (Å²) in [6.07, 6.45) is 17.4. The predicted octanol–water partition coefficient (Wildman–Crippen LogP) is 5.23. The molecule has 2 aliphatic carbocycles. The smallest absolute Gasteiger partial charge is 0.243 e. The maximum Gasteiger partial charge on any atom is 0.243 e. The van der Waals surface area contributed by atoms with Crippen LogP contribution in [0.1, 0.15) is 44.1 Å². The van der Waals surface area contributed by atoms with Crippen LogP contribution in [0.2, 0.25) is 0 Å². The summed E-state index contributed by atoms with van der Waals surface area (Å²) in [6, 6.07) is 7.83. The van der Waals surface area contributed by atoms with Crippen LogP contribution in [0.3, 0.4) is 0 Å². The fourth-order valence-corrected chi connectivity index (χ4v) is 4.07. The van der Waals surface area contributed by atoms with Gasteiger partial charge in [-0.1, -0.05) is 58.4 Å². The summed E-state index contributed by atoms with van der Waals surface area (Å²) in [6.45, 7) is 0. The first-order valence-corrected chi connectivity index (χ1v) is 9.94. The second kappa shape index (κ2) is 9.14. The van der Waals surface area contributed by atoms with E-state index in [1.165, 1.54) is 0 Å². The third kappa shape index (κ3) is 5.15. The molecule has 1 N–H and O–H groups in total. The van der Waals surface area contributed by atoms with Crippen LogP contribution in [-0.2, 0) is 4.79 Å². The molecule has 0 aliphatic heterocycles. The zero-order chi connectivity index (χ0) is 17.5. The van der Waals surface area contributed by atoms with Gasteiger partial charge in [0.2, 0.25) is 5.91 Å². The van der Waals surface area contributed by atoms with E-state index in [4.69, 9.17) is 0 Å². The SMILES string of the molecule is O=C(N/N=C/c1ccccc1Br)C1C2CCC=CCC/C=C/CCC21. The number of nitrogens with zero attached hydrogens (tertiary/aromatic N) is 1. The van der Waals surface area contributed by atoms with Crippen molar-refractivity contribution in [2.45, 2.75) is 38.5 Å². The molecule has 3 nitrogen and oxygen atoms in total. The number of nitrogens with one attached hydrogen (secondary N) is 1. The molecule has 0 saturated heterocycles. The van der Waals surface area contributed by atoms with Crippen molar-refractivity contribution in [2.75, 3.05) is 0 Å². The van der Waals surface area contributed by atoms with E-state index >= 15 is 0 Å². The molecule has 0 radical (unpaired) electrons. The number of carbonyl (C=O) groups is 1. The van der Waals surface area contributed by atoms with Gasteiger partial charge in [0.1, 0.15) is 0 Å². The van der Waals surface area contributed by atoms with E-state index in [-0.39, 0.29) is 11.8 Å². The van der Waals surface area contributed by atoms with E-state index in [2.05, 4.69) is 50.8 Å². The third-order valence-corrected chi connectivity index (χ3v) is 5.81. The van der Waals surface area contributed by atoms with Gasteiger partial charge in [-0.25, -0.2) is 5.43 Å². The van der Waals surface area contributed by atoms with Crippen LogP contribution in [-0.4, -0.2) is 12.1 Å². The Balaban J connectivity index is 1.55. The molecule has 1 aromatic rings. The minimum atomic E-state index is 0.0705. The van der Waals surface area contributed by atoms with Gasteiger partial charge in [0.15, 0.2) is 0 Å². The van der Waals surface area contributed by atoms with Crippen molar-refractivity contribution in [1.29, 1.82) is 0 Å². The molecule has 0 spiro atoms. The molecule has 2 aliphatic rings. The highest BCUT2D eigenvalue weighted by molar-refractivity contribution is 9.10. The van der Waals surface area contributed by atoms with Crippen molar-refractivity contribution in [3.8, 4) is 0 Å². The Morgan fingerprint density at radius 2 is 1.60 bits per heavy atom. The second-order valence-corrected chi connectivity index (χ2v) is 7.64. The lowest BCUT2D eigenvalue weighted by Gasteiger charge is -2.00. The van der Waals surface area contributed by atoms with Gasteiger partial charge in [-0.15, -0.1) is 0 Å². The standard InChI is InChI=1S/C21H25BrN2O/c22-19-14-10-9-11-16(19)15-23-24-21(25)20-17-12-7-5-3-1-2-4-6-8-13-18(17)20/h3-6,9-11,14-15,17-18,20H,1-2,7-8,12-13H2,(H,24,25)/b5-3+,6-4?,23-15+. The number of fused-ring (bicyclic) bond motifs is 1. The van der Waals surface area contributed by atoms with Crippen molar-refractivity contribution in [3.63, 3.8) is 0 Å². The van der Waals surface area contributed by atoms with Gasteiger partial charge in [-0.05, 0) is 56.4 Å². The molecular formula is C21H25BrN2O. The van der Waals surface area contributed by atoms with Crippen molar-refractivity contribution in [2.24, 2.45) is 22.9 Å². The predicted molar refractivity (Wildman–Crippen MR) is 106 cm³/mol. The summed E-state index contributed by atoms with van der Waals surface area (Å²) >= 11 is 3.48.